The number of nitro groups is 1. The first-order valence-electron chi connectivity index (χ1n) is 7.38. The number of hydrogen-bond donors (Lipinski definition) is 1. The fourth-order valence-electron chi connectivity index (χ4n) is 2.68. The molecule has 0 saturated carbocycles. The maximum Gasteiger partial charge on any atom is 0.290 e. The monoisotopic (exact) mass is 333 g/mol. The summed E-state index contributed by atoms with van der Waals surface area (Å²) >= 11 is 0. The van der Waals surface area contributed by atoms with Crippen molar-refractivity contribution in [3.63, 3.8) is 0 Å². The van der Waals surface area contributed by atoms with Gasteiger partial charge in [-0.25, -0.2) is 0 Å². The van der Waals surface area contributed by atoms with Gasteiger partial charge in [0.1, 0.15) is 0 Å². The number of carbonyl (C=O) groups excluding carboxylic acids is 2. The number of non-ortho nitro benzene ring substituents is 1. The molecule has 0 fully saturated rings. The molecule has 1 aliphatic heterocycles. The highest BCUT2D eigenvalue weighted by molar-refractivity contribution is 6.08. The second-order valence-corrected chi connectivity index (χ2v) is 5.87. The molecule has 128 valence electrons. The van der Waals surface area contributed by atoms with E-state index in [-0.39, 0.29) is 11.3 Å². The molecule has 0 unspecified atom stereocenters. The first-order valence-corrected chi connectivity index (χ1v) is 7.38. The van der Waals surface area contributed by atoms with E-state index in [4.69, 9.17) is 0 Å². The number of likely N-dealkylation sites (N-methyl/N-ethyl adjacent to an activating group) is 1. The standard InChI is InChI=1S/C16H19N3O5/c1-10(20)13-14(11-4-6-12(7-5-11)19(23)24)18(9-8-17(2)3)16(22)15(13)21/h4-7,14,21H,8-9H2,1-3H3/t14-/m1/s1. The van der Waals surface area contributed by atoms with Crippen LogP contribution in [-0.4, -0.2) is 58.7 Å². The van der Waals surface area contributed by atoms with Crippen molar-refractivity contribution < 1.29 is 19.6 Å². The Labute approximate surface area is 139 Å². The molecule has 1 heterocycles. The fraction of sp³-hybridized carbons (Fsp3) is 0.375. The molecule has 1 aliphatic rings. The van der Waals surface area contributed by atoms with E-state index in [1.807, 2.05) is 19.0 Å². The number of carbonyl (C=O) groups is 2. The molecule has 1 atom stereocenters. The zero-order valence-corrected chi connectivity index (χ0v) is 13.7. The van der Waals surface area contributed by atoms with Crippen LogP contribution < -0.4 is 0 Å². The van der Waals surface area contributed by atoms with E-state index in [1.165, 1.54) is 36.1 Å². The topological polar surface area (TPSA) is 104 Å². The molecule has 8 heteroatoms. The lowest BCUT2D eigenvalue weighted by molar-refractivity contribution is -0.384. The van der Waals surface area contributed by atoms with E-state index in [1.54, 1.807) is 0 Å². The molecule has 0 aromatic heterocycles. The zero-order valence-electron chi connectivity index (χ0n) is 13.7. The average Bonchev–Trinajstić information content (AvgIpc) is 2.77. The summed E-state index contributed by atoms with van der Waals surface area (Å²) in [7, 11) is 3.70. The summed E-state index contributed by atoms with van der Waals surface area (Å²) in [5.74, 6) is -1.56. The summed E-state index contributed by atoms with van der Waals surface area (Å²) in [4.78, 5) is 37.8. The zero-order chi connectivity index (χ0) is 18.0. The second-order valence-electron chi connectivity index (χ2n) is 5.87. The van der Waals surface area contributed by atoms with Crippen molar-refractivity contribution in [3.05, 3.63) is 51.3 Å². The van der Waals surface area contributed by atoms with E-state index in [2.05, 4.69) is 0 Å². The number of nitro benzene ring substituents is 1. The van der Waals surface area contributed by atoms with Crippen LogP contribution in [0.25, 0.3) is 0 Å². The highest BCUT2D eigenvalue weighted by atomic mass is 16.6. The highest BCUT2D eigenvalue weighted by Gasteiger charge is 2.42. The molecule has 0 radical (unpaired) electrons. The molecule has 8 nitrogen and oxygen atoms in total. The number of nitrogens with zero attached hydrogens (tertiary/aromatic N) is 3. The van der Waals surface area contributed by atoms with E-state index < -0.39 is 28.4 Å². The van der Waals surface area contributed by atoms with Crippen LogP contribution in [0.1, 0.15) is 18.5 Å². The predicted molar refractivity (Wildman–Crippen MR) is 86.4 cm³/mol. The number of benzene rings is 1. The fourth-order valence-corrected chi connectivity index (χ4v) is 2.68. The third-order valence-corrected chi connectivity index (χ3v) is 3.89. The molecule has 1 N–H and O–H groups in total. The Morgan fingerprint density at radius 1 is 1.33 bits per heavy atom. The molecule has 1 aromatic rings. The minimum absolute atomic E-state index is 0.0209. The van der Waals surface area contributed by atoms with Crippen molar-refractivity contribution >= 4 is 17.4 Å². The van der Waals surface area contributed by atoms with Crippen LogP contribution in [-0.2, 0) is 9.59 Å². The van der Waals surface area contributed by atoms with E-state index in [9.17, 15) is 24.8 Å². The summed E-state index contributed by atoms with van der Waals surface area (Å²) in [6, 6.07) is 4.89. The van der Waals surface area contributed by atoms with Crippen molar-refractivity contribution in [2.75, 3.05) is 27.2 Å². The lowest BCUT2D eigenvalue weighted by Gasteiger charge is -2.27. The van der Waals surface area contributed by atoms with Crippen LogP contribution in [0.4, 0.5) is 5.69 Å². The van der Waals surface area contributed by atoms with Crippen LogP contribution in [0.15, 0.2) is 35.6 Å². The smallest absolute Gasteiger partial charge is 0.290 e. The van der Waals surface area contributed by atoms with Crippen molar-refractivity contribution in [1.29, 1.82) is 0 Å². The normalized spacial score (nSPS) is 17.8. The largest absolute Gasteiger partial charge is 0.503 e. The molecule has 2 rings (SSSR count). The second kappa shape index (κ2) is 6.79. The summed E-state index contributed by atoms with van der Waals surface area (Å²) in [5, 5.41) is 20.9. The van der Waals surface area contributed by atoms with Crippen LogP contribution in [0.2, 0.25) is 0 Å². The van der Waals surface area contributed by atoms with Crippen LogP contribution >= 0.6 is 0 Å². The molecule has 0 saturated heterocycles. The summed E-state index contributed by atoms with van der Waals surface area (Å²) in [5.41, 5.74) is 0.482. The maximum absolute atomic E-state index is 12.3. The molecular weight excluding hydrogens is 314 g/mol. The van der Waals surface area contributed by atoms with Gasteiger partial charge in [-0.05, 0) is 38.7 Å². The van der Waals surface area contributed by atoms with Gasteiger partial charge < -0.3 is 14.9 Å². The summed E-state index contributed by atoms with van der Waals surface area (Å²) in [6.45, 7) is 2.15. The van der Waals surface area contributed by atoms with Gasteiger partial charge in [0.2, 0.25) is 0 Å². The van der Waals surface area contributed by atoms with Gasteiger partial charge >= 0.3 is 0 Å². The Kier molecular flexibility index (Phi) is 4.99. The highest BCUT2D eigenvalue weighted by Crippen LogP contribution is 2.37. The van der Waals surface area contributed by atoms with E-state index in [0.717, 1.165) is 0 Å². The number of ketones is 1. The number of amides is 1. The van der Waals surface area contributed by atoms with Gasteiger partial charge in [-0.1, -0.05) is 0 Å². The number of aliphatic hydroxyl groups is 1. The minimum atomic E-state index is -0.740. The van der Waals surface area contributed by atoms with E-state index in [0.29, 0.717) is 18.7 Å². The summed E-state index contributed by atoms with van der Waals surface area (Å²) < 4.78 is 0. The number of rotatable bonds is 6. The van der Waals surface area contributed by atoms with E-state index >= 15 is 0 Å². The van der Waals surface area contributed by atoms with Crippen molar-refractivity contribution in [3.8, 4) is 0 Å². The lowest BCUT2D eigenvalue weighted by atomic mass is 9.96. The van der Waals surface area contributed by atoms with Gasteiger partial charge in [0.15, 0.2) is 11.5 Å². The van der Waals surface area contributed by atoms with Crippen LogP contribution in [0, 0.1) is 10.1 Å². The predicted octanol–water partition coefficient (Wildman–Crippen LogP) is 1.44. The van der Waals surface area contributed by atoms with Gasteiger partial charge in [-0.2, -0.15) is 0 Å². The van der Waals surface area contributed by atoms with Gasteiger partial charge in [0.25, 0.3) is 11.6 Å². The molecule has 0 bridgehead atoms. The molecule has 0 aliphatic carbocycles. The number of aliphatic hydroxyl groups excluding tert-OH is 1. The van der Waals surface area contributed by atoms with Crippen molar-refractivity contribution in [2.24, 2.45) is 0 Å². The van der Waals surface area contributed by atoms with Crippen molar-refractivity contribution in [1.82, 2.24) is 9.80 Å². The average molecular weight is 333 g/mol. The third kappa shape index (κ3) is 3.28. The van der Waals surface area contributed by atoms with Gasteiger partial charge in [-0.3, -0.25) is 19.7 Å². The number of Topliss-reactive ketones (excluding diaryl/α,β-unsaturated/α-hetero) is 1. The van der Waals surface area contributed by atoms with Gasteiger partial charge in [0.05, 0.1) is 16.5 Å². The maximum atomic E-state index is 12.3. The number of hydrogen-bond acceptors (Lipinski definition) is 6. The molecule has 1 aromatic carbocycles. The summed E-state index contributed by atoms with van der Waals surface area (Å²) in [6.07, 6.45) is 0. The SMILES string of the molecule is CC(=O)C1=C(O)C(=O)N(CCN(C)C)[C@@H]1c1ccc([N+](=O)[O-])cc1. The minimum Gasteiger partial charge on any atom is -0.503 e. The first kappa shape index (κ1) is 17.6. The quantitative estimate of drug-likeness (QED) is 0.624. The first-order chi connectivity index (χ1) is 11.2. The van der Waals surface area contributed by atoms with Gasteiger partial charge in [0, 0.05) is 25.2 Å². The van der Waals surface area contributed by atoms with Crippen LogP contribution in [0.3, 0.4) is 0 Å². The lowest BCUT2D eigenvalue weighted by Crippen LogP contribution is -2.36. The Bertz CT molecular complexity index is 709. The Morgan fingerprint density at radius 3 is 2.38 bits per heavy atom. The Morgan fingerprint density at radius 2 is 1.92 bits per heavy atom. The Hall–Kier alpha value is -2.74. The van der Waals surface area contributed by atoms with Gasteiger partial charge in [-0.15, -0.1) is 0 Å². The third-order valence-electron chi connectivity index (χ3n) is 3.89. The molecular formula is C16H19N3O5. The van der Waals surface area contributed by atoms with Crippen molar-refractivity contribution in [2.45, 2.75) is 13.0 Å². The Balaban J connectivity index is 2.44. The molecule has 24 heavy (non-hydrogen) atoms. The molecule has 0 spiro atoms. The molecule has 1 amide bonds. The van der Waals surface area contributed by atoms with Crippen LogP contribution in [0.5, 0.6) is 0 Å².